The van der Waals surface area contributed by atoms with Gasteiger partial charge >= 0.3 is 0 Å². The predicted octanol–water partition coefficient (Wildman–Crippen LogP) is 4.05. The number of hydrogen-bond acceptors (Lipinski definition) is 2. The minimum Gasteiger partial charge on any atom is -0.366 e. The van der Waals surface area contributed by atoms with Crippen LogP contribution < -0.4 is 0 Å². The second-order valence-electron chi connectivity index (χ2n) is 3.54. The van der Waals surface area contributed by atoms with Crippen molar-refractivity contribution in [2.75, 3.05) is 6.61 Å². The first-order chi connectivity index (χ1) is 7.56. The molecule has 0 saturated heterocycles. The van der Waals surface area contributed by atoms with Crippen LogP contribution in [0.2, 0.25) is 10.0 Å². The molecule has 1 aromatic carbocycles. The molecule has 16 heavy (non-hydrogen) atoms. The average Bonchev–Trinajstić information content (AvgIpc) is 2.23. The summed E-state index contributed by atoms with van der Waals surface area (Å²) >= 11 is 11.7. The number of ether oxygens (including phenoxy) is 1. The highest BCUT2D eigenvalue weighted by atomic mass is 35.5. The largest absolute Gasteiger partial charge is 0.366 e. The fourth-order valence-electron chi connectivity index (χ4n) is 1.36. The van der Waals surface area contributed by atoms with Gasteiger partial charge in [-0.1, -0.05) is 36.2 Å². The van der Waals surface area contributed by atoms with Crippen LogP contribution in [0.3, 0.4) is 0 Å². The normalized spacial score (nSPS) is 12.5. The monoisotopic (exact) mass is 260 g/mol. The Labute approximate surface area is 106 Å². The molecule has 0 aliphatic rings. The molecule has 0 heterocycles. The molecule has 0 saturated carbocycles. The van der Waals surface area contributed by atoms with E-state index in [2.05, 4.69) is 0 Å². The van der Waals surface area contributed by atoms with E-state index < -0.39 is 6.10 Å². The maximum Gasteiger partial charge on any atom is 0.163 e. The number of ketones is 1. The van der Waals surface area contributed by atoms with Crippen LogP contribution in [0.5, 0.6) is 0 Å². The van der Waals surface area contributed by atoms with Gasteiger partial charge in [0.05, 0.1) is 10.0 Å². The zero-order valence-corrected chi connectivity index (χ0v) is 10.8. The molecule has 0 aliphatic carbocycles. The van der Waals surface area contributed by atoms with E-state index in [1.165, 1.54) is 6.92 Å². The molecule has 2 nitrogen and oxygen atoms in total. The van der Waals surface area contributed by atoms with Crippen molar-refractivity contribution in [1.29, 1.82) is 0 Å². The zero-order chi connectivity index (χ0) is 12.1. The van der Waals surface area contributed by atoms with Crippen LogP contribution in [0.4, 0.5) is 0 Å². The molecule has 1 rings (SSSR count). The molecule has 0 N–H and O–H groups in total. The van der Waals surface area contributed by atoms with Crippen molar-refractivity contribution in [3.05, 3.63) is 33.8 Å². The molecule has 0 bridgehead atoms. The van der Waals surface area contributed by atoms with Crippen LogP contribution in [0.25, 0.3) is 0 Å². The Hall–Kier alpha value is -0.570. The molecular formula is C12H14Cl2O2. The lowest BCUT2D eigenvalue weighted by Crippen LogP contribution is -2.13. The fraction of sp³-hybridized carbons (Fsp3) is 0.417. The molecule has 0 fully saturated rings. The molecule has 1 unspecified atom stereocenters. The summed E-state index contributed by atoms with van der Waals surface area (Å²) in [5, 5.41) is 0.911. The summed E-state index contributed by atoms with van der Waals surface area (Å²) in [6.45, 7) is 4.04. The Morgan fingerprint density at radius 2 is 2.06 bits per heavy atom. The summed E-state index contributed by atoms with van der Waals surface area (Å²) in [7, 11) is 0. The molecule has 0 aromatic heterocycles. The smallest absolute Gasteiger partial charge is 0.163 e. The van der Waals surface area contributed by atoms with Crippen molar-refractivity contribution >= 4 is 29.0 Å². The Morgan fingerprint density at radius 1 is 1.38 bits per heavy atom. The number of halogens is 2. The molecule has 4 heteroatoms. The topological polar surface area (TPSA) is 26.3 Å². The highest BCUT2D eigenvalue weighted by molar-refractivity contribution is 6.42. The van der Waals surface area contributed by atoms with Crippen molar-refractivity contribution in [1.82, 2.24) is 0 Å². The van der Waals surface area contributed by atoms with Crippen molar-refractivity contribution in [2.24, 2.45) is 0 Å². The quantitative estimate of drug-likeness (QED) is 0.799. The molecule has 88 valence electrons. The van der Waals surface area contributed by atoms with Gasteiger partial charge in [0, 0.05) is 6.61 Å². The molecular weight excluding hydrogens is 247 g/mol. The van der Waals surface area contributed by atoms with E-state index >= 15 is 0 Å². The van der Waals surface area contributed by atoms with Gasteiger partial charge in [-0.05, 0) is 31.0 Å². The van der Waals surface area contributed by atoms with Crippen LogP contribution in [0.15, 0.2) is 18.2 Å². The summed E-state index contributed by atoms with van der Waals surface area (Å²) in [4.78, 5) is 11.4. The predicted molar refractivity (Wildman–Crippen MR) is 66.1 cm³/mol. The Kier molecular flexibility index (Phi) is 5.26. The first kappa shape index (κ1) is 13.5. The maximum absolute atomic E-state index is 11.4. The van der Waals surface area contributed by atoms with E-state index in [1.54, 1.807) is 18.2 Å². The number of hydrogen-bond donors (Lipinski definition) is 0. The molecule has 0 aliphatic heterocycles. The number of rotatable bonds is 5. The number of benzene rings is 1. The Balaban J connectivity index is 2.92. The third-order valence-corrected chi connectivity index (χ3v) is 2.84. The molecule has 0 radical (unpaired) electrons. The van der Waals surface area contributed by atoms with Crippen LogP contribution in [-0.2, 0) is 9.53 Å². The fourth-order valence-corrected chi connectivity index (χ4v) is 1.67. The van der Waals surface area contributed by atoms with Crippen molar-refractivity contribution < 1.29 is 9.53 Å². The lowest BCUT2D eigenvalue weighted by atomic mass is 10.1. The first-order valence-corrected chi connectivity index (χ1v) is 5.88. The van der Waals surface area contributed by atoms with Gasteiger partial charge in [-0.25, -0.2) is 0 Å². The standard InChI is InChI=1S/C12H14Cl2O2/c1-3-6-16-12(8(2)15)9-4-5-10(13)11(14)7-9/h4-5,7,12H,3,6H2,1-2H3. The van der Waals surface area contributed by atoms with E-state index in [-0.39, 0.29) is 5.78 Å². The number of carbonyl (C=O) groups is 1. The van der Waals surface area contributed by atoms with Gasteiger partial charge < -0.3 is 4.74 Å². The molecule has 0 spiro atoms. The molecule has 0 amide bonds. The summed E-state index contributed by atoms with van der Waals surface area (Å²) in [5.74, 6) is -0.0353. The van der Waals surface area contributed by atoms with Crippen LogP contribution in [0, 0.1) is 0 Å². The third-order valence-electron chi connectivity index (χ3n) is 2.10. The lowest BCUT2D eigenvalue weighted by Gasteiger charge is -2.15. The van der Waals surface area contributed by atoms with Gasteiger partial charge in [-0.15, -0.1) is 0 Å². The SMILES string of the molecule is CCCOC(C(C)=O)c1ccc(Cl)c(Cl)c1. The van der Waals surface area contributed by atoms with E-state index in [9.17, 15) is 4.79 Å². The Bertz CT molecular complexity index is 377. The summed E-state index contributed by atoms with van der Waals surface area (Å²) in [5.41, 5.74) is 0.746. The van der Waals surface area contributed by atoms with Crippen molar-refractivity contribution in [3.63, 3.8) is 0 Å². The van der Waals surface area contributed by atoms with Crippen LogP contribution in [-0.4, -0.2) is 12.4 Å². The summed E-state index contributed by atoms with van der Waals surface area (Å²) in [6.07, 6.45) is 0.320. The highest BCUT2D eigenvalue weighted by Crippen LogP contribution is 2.27. The van der Waals surface area contributed by atoms with Gasteiger partial charge in [0.2, 0.25) is 0 Å². The molecule has 1 atom stereocenters. The van der Waals surface area contributed by atoms with Crippen molar-refractivity contribution in [3.8, 4) is 0 Å². The van der Waals surface area contributed by atoms with Crippen LogP contribution in [0.1, 0.15) is 31.9 Å². The average molecular weight is 261 g/mol. The Morgan fingerprint density at radius 3 is 2.56 bits per heavy atom. The van der Waals surface area contributed by atoms with Gasteiger partial charge in [-0.2, -0.15) is 0 Å². The van der Waals surface area contributed by atoms with E-state index in [4.69, 9.17) is 27.9 Å². The van der Waals surface area contributed by atoms with E-state index in [0.29, 0.717) is 16.7 Å². The zero-order valence-electron chi connectivity index (χ0n) is 9.30. The summed E-state index contributed by atoms with van der Waals surface area (Å²) < 4.78 is 5.48. The highest BCUT2D eigenvalue weighted by Gasteiger charge is 2.17. The van der Waals surface area contributed by atoms with E-state index in [0.717, 1.165) is 12.0 Å². The van der Waals surface area contributed by atoms with Crippen molar-refractivity contribution in [2.45, 2.75) is 26.4 Å². The second kappa shape index (κ2) is 6.24. The van der Waals surface area contributed by atoms with Gasteiger partial charge in [0.1, 0.15) is 6.10 Å². The number of Topliss-reactive ketones (excluding diaryl/α,β-unsaturated/α-hetero) is 1. The second-order valence-corrected chi connectivity index (χ2v) is 4.35. The minimum atomic E-state index is -0.547. The van der Waals surface area contributed by atoms with Crippen LogP contribution >= 0.6 is 23.2 Å². The first-order valence-electron chi connectivity index (χ1n) is 5.13. The van der Waals surface area contributed by atoms with Gasteiger partial charge in [-0.3, -0.25) is 4.79 Å². The maximum atomic E-state index is 11.4. The minimum absolute atomic E-state index is 0.0353. The molecule has 1 aromatic rings. The third kappa shape index (κ3) is 3.48. The lowest BCUT2D eigenvalue weighted by molar-refractivity contribution is -0.128. The van der Waals surface area contributed by atoms with E-state index in [1.807, 2.05) is 6.92 Å². The van der Waals surface area contributed by atoms with Gasteiger partial charge in [0.25, 0.3) is 0 Å². The van der Waals surface area contributed by atoms with Gasteiger partial charge in [0.15, 0.2) is 5.78 Å². The summed E-state index contributed by atoms with van der Waals surface area (Å²) in [6, 6.07) is 5.10. The number of carbonyl (C=O) groups excluding carboxylic acids is 1.